The maximum absolute atomic E-state index is 12.4. The van der Waals surface area contributed by atoms with Gasteiger partial charge in [0.05, 0.1) is 5.25 Å². The molecule has 16 heavy (non-hydrogen) atoms. The summed E-state index contributed by atoms with van der Waals surface area (Å²) in [5, 5.41) is 3.06. The number of hydrogen-bond acceptors (Lipinski definition) is 4. The first-order valence-electron chi connectivity index (χ1n) is 5.91. The molecule has 2 saturated heterocycles. The number of nitrogens with one attached hydrogen (secondary N) is 1. The summed E-state index contributed by atoms with van der Waals surface area (Å²) in [7, 11) is -3.05. The van der Waals surface area contributed by atoms with E-state index < -0.39 is 10.0 Å². The molecule has 2 aliphatic rings. The van der Waals surface area contributed by atoms with E-state index in [9.17, 15) is 8.42 Å². The number of thioether (sulfide) groups is 1. The quantitative estimate of drug-likeness (QED) is 0.789. The van der Waals surface area contributed by atoms with E-state index in [0.717, 1.165) is 37.4 Å². The minimum atomic E-state index is -3.05. The standard InChI is InChI=1S/C10H20N2O2S2/c1-9-8-15-7-6-12(9)16(13,14)10-2-4-11-5-3-10/h9-11H,2-8H2,1H3. The van der Waals surface area contributed by atoms with E-state index in [0.29, 0.717) is 6.54 Å². The summed E-state index contributed by atoms with van der Waals surface area (Å²) in [5.74, 6) is 1.87. The molecule has 4 nitrogen and oxygen atoms in total. The second-order valence-corrected chi connectivity index (χ2v) is 7.84. The van der Waals surface area contributed by atoms with Crippen LogP contribution in [0, 0.1) is 0 Å². The van der Waals surface area contributed by atoms with Crippen LogP contribution in [0.1, 0.15) is 19.8 Å². The molecule has 1 unspecified atom stereocenters. The summed E-state index contributed by atoms with van der Waals surface area (Å²) in [6.45, 7) is 4.38. The maximum atomic E-state index is 12.4. The first-order valence-corrected chi connectivity index (χ1v) is 8.57. The van der Waals surface area contributed by atoms with Crippen molar-refractivity contribution in [1.29, 1.82) is 0 Å². The van der Waals surface area contributed by atoms with Gasteiger partial charge < -0.3 is 5.32 Å². The van der Waals surface area contributed by atoms with Crippen LogP contribution in [0.5, 0.6) is 0 Å². The van der Waals surface area contributed by atoms with E-state index >= 15 is 0 Å². The Bertz CT molecular complexity index is 326. The largest absolute Gasteiger partial charge is 0.317 e. The molecule has 0 spiro atoms. The zero-order chi connectivity index (χ0) is 11.6. The van der Waals surface area contributed by atoms with Crippen molar-refractivity contribution < 1.29 is 8.42 Å². The predicted octanol–water partition coefficient (Wildman–Crippen LogP) is 0.505. The third kappa shape index (κ3) is 2.55. The number of sulfonamides is 1. The summed E-state index contributed by atoms with van der Waals surface area (Å²) in [4.78, 5) is 0. The first-order chi connectivity index (χ1) is 7.62. The van der Waals surface area contributed by atoms with Gasteiger partial charge >= 0.3 is 0 Å². The molecule has 0 aromatic rings. The highest BCUT2D eigenvalue weighted by Gasteiger charge is 2.36. The van der Waals surface area contributed by atoms with E-state index in [1.54, 1.807) is 4.31 Å². The molecule has 1 N–H and O–H groups in total. The molecule has 2 rings (SSSR count). The van der Waals surface area contributed by atoms with Crippen molar-refractivity contribution >= 4 is 21.8 Å². The van der Waals surface area contributed by atoms with Gasteiger partial charge in [-0.15, -0.1) is 0 Å². The summed E-state index contributed by atoms with van der Waals surface area (Å²) >= 11 is 1.85. The minimum absolute atomic E-state index is 0.153. The van der Waals surface area contributed by atoms with Crippen LogP contribution in [-0.4, -0.2) is 55.2 Å². The fourth-order valence-corrected chi connectivity index (χ4v) is 5.73. The Kier molecular flexibility index (Phi) is 4.15. The summed E-state index contributed by atoms with van der Waals surface area (Å²) < 4.78 is 26.6. The van der Waals surface area contributed by atoms with Gasteiger partial charge in [-0.3, -0.25) is 0 Å². The Morgan fingerprint density at radius 3 is 2.62 bits per heavy atom. The Balaban J connectivity index is 2.10. The Hall–Kier alpha value is 0.220. The lowest BCUT2D eigenvalue weighted by molar-refractivity contribution is 0.353. The normalized spacial score (nSPS) is 30.4. The Morgan fingerprint density at radius 1 is 1.31 bits per heavy atom. The van der Waals surface area contributed by atoms with Crippen LogP contribution >= 0.6 is 11.8 Å². The highest BCUT2D eigenvalue weighted by molar-refractivity contribution is 7.99. The van der Waals surface area contributed by atoms with Crippen LogP contribution in [0.4, 0.5) is 0 Å². The van der Waals surface area contributed by atoms with Gasteiger partial charge in [0.1, 0.15) is 0 Å². The number of nitrogens with zero attached hydrogens (tertiary/aromatic N) is 1. The van der Waals surface area contributed by atoms with Crippen LogP contribution in [0.15, 0.2) is 0 Å². The van der Waals surface area contributed by atoms with E-state index in [1.165, 1.54) is 0 Å². The number of rotatable bonds is 2. The van der Waals surface area contributed by atoms with Crippen molar-refractivity contribution in [2.45, 2.75) is 31.1 Å². The molecule has 94 valence electrons. The van der Waals surface area contributed by atoms with Crippen LogP contribution in [0.3, 0.4) is 0 Å². The molecule has 0 bridgehead atoms. The summed E-state index contributed by atoms with van der Waals surface area (Å²) in [6.07, 6.45) is 1.53. The van der Waals surface area contributed by atoms with Crippen LogP contribution in [-0.2, 0) is 10.0 Å². The number of piperidine rings is 1. The summed E-state index contributed by atoms with van der Waals surface area (Å²) in [5.41, 5.74) is 0. The summed E-state index contributed by atoms with van der Waals surface area (Å²) in [6, 6.07) is 0.165. The Morgan fingerprint density at radius 2 is 2.00 bits per heavy atom. The molecule has 2 heterocycles. The monoisotopic (exact) mass is 264 g/mol. The fourth-order valence-electron chi connectivity index (χ4n) is 2.37. The van der Waals surface area contributed by atoms with Crippen LogP contribution < -0.4 is 5.32 Å². The van der Waals surface area contributed by atoms with Gasteiger partial charge in [0.2, 0.25) is 10.0 Å². The Labute approximate surface area is 102 Å². The van der Waals surface area contributed by atoms with Crippen LogP contribution in [0.25, 0.3) is 0 Å². The smallest absolute Gasteiger partial charge is 0.217 e. The van der Waals surface area contributed by atoms with Crippen LogP contribution in [0.2, 0.25) is 0 Å². The van der Waals surface area contributed by atoms with Gasteiger partial charge in [0.25, 0.3) is 0 Å². The van der Waals surface area contributed by atoms with Gasteiger partial charge in [0, 0.05) is 24.1 Å². The van der Waals surface area contributed by atoms with Gasteiger partial charge in [-0.1, -0.05) is 0 Å². The van der Waals surface area contributed by atoms with Gasteiger partial charge in [-0.25, -0.2) is 8.42 Å². The molecule has 0 aromatic carbocycles. The maximum Gasteiger partial charge on any atom is 0.217 e. The molecule has 0 aliphatic carbocycles. The fraction of sp³-hybridized carbons (Fsp3) is 1.00. The highest BCUT2D eigenvalue weighted by atomic mass is 32.2. The molecule has 0 saturated carbocycles. The average Bonchev–Trinajstić information content (AvgIpc) is 2.30. The molecule has 2 aliphatic heterocycles. The van der Waals surface area contributed by atoms with Gasteiger partial charge in [0.15, 0.2) is 0 Å². The van der Waals surface area contributed by atoms with E-state index in [4.69, 9.17) is 0 Å². The van der Waals surface area contributed by atoms with Gasteiger partial charge in [-0.05, 0) is 32.9 Å². The molecule has 6 heteroatoms. The van der Waals surface area contributed by atoms with Crippen molar-refractivity contribution in [2.24, 2.45) is 0 Å². The molecule has 2 fully saturated rings. The molecular formula is C10H20N2O2S2. The van der Waals surface area contributed by atoms with Crippen molar-refractivity contribution in [2.75, 3.05) is 31.1 Å². The van der Waals surface area contributed by atoms with E-state index in [-0.39, 0.29) is 11.3 Å². The third-order valence-electron chi connectivity index (χ3n) is 3.34. The SMILES string of the molecule is CC1CSCCN1S(=O)(=O)C1CCNCC1. The van der Waals surface area contributed by atoms with E-state index in [1.807, 2.05) is 18.7 Å². The minimum Gasteiger partial charge on any atom is -0.317 e. The molecule has 1 atom stereocenters. The lowest BCUT2D eigenvalue weighted by Gasteiger charge is -2.36. The van der Waals surface area contributed by atoms with Crippen molar-refractivity contribution in [1.82, 2.24) is 9.62 Å². The second kappa shape index (κ2) is 5.25. The first kappa shape index (κ1) is 12.7. The third-order valence-corrected chi connectivity index (χ3v) is 7.04. The van der Waals surface area contributed by atoms with Crippen molar-refractivity contribution in [3.63, 3.8) is 0 Å². The highest BCUT2D eigenvalue weighted by Crippen LogP contribution is 2.25. The molecular weight excluding hydrogens is 244 g/mol. The second-order valence-electron chi connectivity index (χ2n) is 4.53. The lowest BCUT2D eigenvalue weighted by atomic mass is 10.2. The molecule has 0 amide bonds. The predicted molar refractivity (Wildman–Crippen MR) is 68.3 cm³/mol. The van der Waals surface area contributed by atoms with Crippen molar-refractivity contribution in [3.8, 4) is 0 Å². The van der Waals surface area contributed by atoms with Gasteiger partial charge in [-0.2, -0.15) is 16.1 Å². The average molecular weight is 264 g/mol. The zero-order valence-corrected chi connectivity index (χ0v) is 11.3. The topological polar surface area (TPSA) is 49.4 Å². The van der Waals surface area contributed by atoms with E-state index in [2.05, 4.69) is 5.32 Å². The molecule has 0 radical (unpaired) electrons. The molecule has 0 aromatic heterocycles. The zero-order valence-electron chi connectivity index (χ0n) is 9.68. The lowest BCUT2D eigenvalue weighted by Crippen LogP contribution is -2.50. The van der Waals surface area contributed by atoms with Crippen molar-refractivity contribution in [3.05, 3.63) is 0 Å². The number of hydrogen-bond donors (Lipinski definition) is 1.